The van der Waals surface area contributed by atoms with Gasteiger partial charge in [0.2, 0.25) is 0 Å². The van der Waals surface area contributed by atoms with Crippen molar-refractivity contribution < 1.29 is 0 Å². The Hall–Kier alpha value is -2.12. The average molecular weight is 280 g/mol. The molecule has 0 saturated carbocycles. The van der Waals surface area contributed by atoms with Crippen LogP contribution in [0.5, 0.6) is 0 Å². The third-order valence-corrected chi connectivity index (χ3v) is 3.81. The summed E-state index contributed by atoms with van der Waals surface area (Å²) in [5, 5.41) is 3.18. The van der Waals surface area contributed by atoms with Crippen molar-refractivity contribution in [1.29, 1.82) is 0 Å². The van der Waals surface area contributed by atoms with Crippen LogP contribution in [-0.2, 0) is 0 Å². The maximum Gasteiger partial charge on any atom is 0.0673 e. The van der Waals surface area contributed by atoms with Crippen molar-refractivity contribution in [3.8, 4) is 0 Å². The first kappa shape index (κ1) is 12.9. The lowest BCUT2D eigenvalue weighted by Crippen LogP contribution is -1.84. The molecule has 0 heterocycles. The van der Waals surface area contributed by atoms with Crippen molar-refractivity contribution in [2.24, 2.45) is 4.99 Å². The van der Waals surface area contributed by atoms with E-state index in [1.807, 2.05) is 43.5 Å². The minimum absolute atomic E-state index is 0.748. The van der Waals surface area contributed by atoms with Gasteiger partial charge in [-0.2, -0.15) is 0 Å². The van der Waals surface area contributed by atoms with Gasteiger partial charge in [0.25, 0.3) is 0 Å². The summed E-state index contributed by atoms with van der Waals surface area (Å²) in [7, 11) is 0. The van der Waals surface area contributed by atoms with Crippen LogP contribution in [0.15, 0.2) is 65.7 Å². The normalized spacial score (nSPS) is 11.3. The molecule has 98 valence electrons. The Morgan fingerprint density at radius 1 is 0.900 bits per heavy atom. The monoisotopic (exact) mass is 279 g/mol. The smallest absolute Gasteiger partial charge is 0.0673 e. The standard InChI is InChI=1S/C18H14ClN/c1-13-17(19)10-5-11-18(13)20-12-15-8-4-7-14-6-2-3-9-16(14)15/h2-12H,1H3. The lowest BCUT2D eigenvalue weighted by atomic mass is 10.1. The minimum Gasteiger partial charge on any atom is -0.256 e. The Bertz CT molecular complexity index is 785. The van der Waals surface area contributed by atoms with Gasteiger partial charge in [-0.05, 0) is 35.4 Å². The lowest BCUT2D eigenvalue weighted by Gasteiger charge is -2.03. The fourth-order valence-electron chi connectivity index (χ4n) is 2.24. The third-order valence-electron chi connectivity index (χ3n) is 3.41. The molecule has 0 aliphatic carbocycles. The van der Waals surface area contributed by atoms with E-state index in [2.05, 4.69) is 35.3 Å². The van der Waals surface area contributed by atoms with Crippen LogP contribution in [0.1, 0.15) is 11.1 Å². The number of halogens is 1. The number of rotatable bonds is 2. The van der Waals surface area contributed by atoms with E-state index in [1.165, 1.54) is 10.8 Å². The highest BCUT2D eigenvalue weighted by Gasteiger charge is 2.01. The van der Waals surface area contributed by atoms with Gasteiger partial charge >= 0.3 is 0 Å². The van der Waals surface area contributed by atoms with Gasteiger partial charge in [-0.25, -0.2) is 0 Å². The van der Waals surface area contributed by atoms with Crippen LogP contribution in [0.2, 0.25) is 5.02 Å². The zero-order valence-corrected chi connectivity index (χ0v) is 11.9. The van der Waals surface area contributed by atoms with Crippen molar-refractivity contribution in [3.63, 3.8) is 0 Å². The number of benzene rings is 3. The molecule has 20 heavy (non-hydrogen) atoms. The SMILES string of the molecule is Cc1c(Cl)cccc1N=Cc1cccc2ccccc12. The molecule has 0 aromatic heterocycles. The molecular formula is C18H14ClN. The molecule has 0 fully saturated rings. The predicted molar refractivity (Wildman–Crippen MR) is 87.4 cm³/mol. The molecule has 0 bridgehead atoms. The van der Waals surface area contributed by atoms with Gasteiger partial charge in [0.1, 0.15) is 0 Å². The molecule has 2 heteroatoms. The molecule has 0 atom stereocenters. The molecule has 0 spiro atoms. The van der Waals surface area contributed by atoms with Crippen LogP contribution in [0.3, 0.4) is 0 Å². The van der Waals surface area contributed by atoms with E-state index in [-0.39, 0.29) is 0 Å². The van der Waals surface area contributed by atoms with Gasteiger partial charge in [0.15, 0.2) is 0 Å². The first-order valence-electron chi connectivity index (χ1n) is 6.52. The van der Waals surface area contributed by atoms with Gasteiger partial charge in [-0.3, -0.25) is 4.99 Å². The largest absolute Gasteiger partial charge is 0.256 e. The second kappa shape index (κ2) is 5.48. The Morgan fingerprint density at radius 2 is 1.65 bits per heavy atom. The minimum atomic E-state index is 0.748. The summed E-state index contributed by atoms with van der Waals surface area (Å²) in [6, 6.07) is 20.3. The van der Waals surface area contributed by atoms with E-state index in [4.69, 9.17) is 11.6 Å². The molecule has 0 amide bonds. The van der Waals surface area contributed by atoms with Gasteiger partial charge in [-0.15, -0.1) is 0 Å². The first-order valence-corrected chi connectivity index (χ1v) is 6.90. The van der Waals surface area contributed by atoms with Crippen molar-refractivity contribution in [2.75, 3.05) is 0 Å². The number of hydrogen-bond acceptors (Lipinski definition) is 1. The fraction of sp³-hybridized carbons (Fsp3) is 0.0556. The van der Waals surface area contributed by atoms with Crippen LogP contribution in [-0.4, -0.2) is 6.21 Å². The van der Waals surface area contributed by atoms with Crippen molar-refractivity contribution in [1.82, 2.24) is 0 Å². The van der Waals surface area contributed by atoms with E-state index in [1.54, 1.807) is 0 Å². The summed E-state index contributed by atoms with van der Waals surface area (Å²) in [5.41, 5.74) is 3.03. The van der Waals surface area contributed by atoms with Gasteiger partial charge in [-0.1, -0.05) is 60.1 Å². The van der Waals surface area contributed by atoms with E-state index in [0.717, 1.165) is 21.8 Å². The van der Waals surface area contributed by atoms with Gasteiger partial charge in [0.05, 0.1) is 5.69 Å². The number of aliphatic imine (C=N–C) groups is 1. The van der Waals surface area contributed by atoms with Crippen LogP contribution in [0, 0.1) is 6.92 Å². The topological polar surface area (TPSA) is 12.4 Å². The van der Waals surface area contributed by atoms with Crippen LogP contribution >= 0.6 is 11.6 Å². The van der Waals surface area contributed by atoms with Crippen molar-refractivity contribution in [2.45, 2.75) is 6.92 Å². The second-order valence-corrected chi connectivity index (χ2v) is 5.12. The first-order chi connectivity index (χ1) is 9.75. The second-order valence-electron chi connectivity index (χ2n) is 4.71. The highest BCUT2D eigenvalue weighted by atomic mass is 35.5. The molecule has 0 aliphatic rings. The lowest BCUT2D eigenvalue weighted by molar-refractivity contribution is 1.40. The molecule has 0 N–H and O–H groups in total. The molecule has 3 aromatic rings. The van der Waals surface area contributed by atoms with Crippen molar-refractivity contribution >= 4 is 34.3 Å². The number of nitrogens with zero attached hydrogens (tertiary/aromatic N) is 1. The fourth-order valence-corrected chi connectivity index (χ4v) is 2.41. The summed E-state index contributed by atoms with van der Waals surface area (Å²) >= 11 is 6.12. The van der Waals surface area contributed by atoms with Crippen LogP contribution < -0.4 is 0 Å². The Labute approximate surface area is 123 Å². The molecule has 0 aliphatic heterocycles. The van der Waals surface area contributed by atoms with E-state index in [0.29, 0.717) is 0 Å². The molecule has 0 unspecified atom stereocenters. The quantitative estimate of drug-likeness (QED) is 0.545. The zero-order valence-electron chi connectivity index (χ0n) is 11.2. The molecule has 0 saturated heterocycles. The average Bonchev–Trinajstić information content (AvgIpc) is 2.49. The van der Waals surface area contributed by atoms with Gasteiger partial charge in [0, 0.05) is 16.8 Å². The highest BCUT2D eigenvalue weighted by molar-refractivity contribution is 6.31. The van der Waals surface area contributed by atoms with E-state index in [9.17, 15) is 0 Å². The predicted octanol–water partition coefficient (Wildman–Crippen LogP) is 5.55. The van der Waals surface area contributed by atoms with Crippen molar-refractivity contribution in [3.05, 3.63) is 76.8 Å². The van der Waals surface area contributed by atoms with Crippen LogP contribution in [0.25, 0.3) is 10.8 Å². The summed E-state index contributed by atoms with van der Waals surface area (Å²) in [6.07, 6.45) is 1.90. The number of fused-ring (bicyclic) bond motifs is 1. The summed E-state index contributed by atoms with van der Waals surface area (Å²) in [6.45, 7) is 1.98. The molecule has 1 nitrogen and oxygen atoms in total. The molecular weight excluding hydrogens is 266 g/mol. The third kappa shape index (κ3) is 2.45. The Morgan fingerprint density at radius 3 is 2.55 bits per heavy atom. The molecule has 3 rings (SSSR count). The van der Waals surface area contributed by atoms with E-state index >= 15 is 0 Å². The number of hydrogen-bond donors (Lipinski definition) is 0. The Kier molecular flexibility index (Phi) is 3.53. The summed E-state index contributed by atoms with van der Waals surface area (Å²) in [5.74, 6) is 0. The Balaban J connectivity index is 2.05. The summed E-state index contributed by atoms with van der Waals surface area (Å²) < 4.78 is 0. The summed E-state index contributed by atoms with van der Waals surface area (Å²) in [4.78, 5) is 4.58. The highest BCUT2D eigenvalue weighted by Crippen LogP contribution is 2.26. The van der Waals surface area contributed by atoms with E-state index < -0.39 is 0 Å². The maximum atomic E-state index is 6.12. The zero-order chi connectivity index (χ0) is 13.9. The molecule has 0 radical (unpaired) electrons. The molecule has 3 aromatic carbocycles. The van der Waals surface area contributed by atoms with Crippen LogP contribution in [0.4, 0.5) is 5.69 Å². The van der Waals surface area contributed by atoms with Gasteiger partial charge < -0.3 is 0 Å². The maximum absolute atomic E-state index is 6.12.